The van der Waals surface area contributed by atoms with Crippen molar-refractivity contribution in [3.8, 4) is 5.75 Å². The number of nitro groups is 2. The Morgan fingerprint density at radius 1 is 1.08 bits per heavy atom. The van der Waals surface area contributed by atoms with Gasteiger partial charge in [-0.05, 0) is 31.3 Å². The monoisotopic (exact) mass is 362 g/mol. The van der Waals surface area contributed by atoms with Crippen LogP contribution in [0.3, 0.4) is 0 Å². The van der Waals surface area contributed by atoms with Crippen LogP contribution in [0.1, 0.15) is 5.56 Å². The molecule has 0 fully saturated rings. The Morgan fingerprint density at radius 3 is 2.36 bits per heavy atom. The zero-order valence-electron chi connectivity index (χ0n) is 13.3. The third-order valence-corrected chi connectivity index (χ3v) is 3.60. The average Bonchev–Trinajstić information content (AvgIpc) is 2.56. The number of thiocarbonyl (C=S) groups is 1. The number of anilines is 2. The predicted octanol–water partition coefficient (Wildman–Crippen LogP) is 3.63. The van der Waals surface area contributed by atoms with Gasteiger partial charge in [-0.15, -0.1) is 0 Å². The molecule has 0 spiro atoms. The summed E-state index contributed by atoms with van der Waals surface area (Å²) in [4.78, 5) is 20.8. The van der Waals surface area contributed by atoms with Crippen molar-refractivity contribution in [3.05, 3.63) is 62.2 Å². The number of benzene rings is 2. The van der Waals surface area contributed by atoms with Crippen LogP contribution in [-0.4, -0.2) is 22.1 Å². The molecule has 10 heteroatoms. The zero-order valence-corrected chi connectivity index (χ0v) is 14.1. The van der Waals surface area contributed by atoms with Crippen molar-refractivity contribution in [1.82, 2.24) is 0 Å². The van der Waals surface area contributed by atoms with Gasteiger partial charge in [0.25, 0.3) is 11.4 Å². The zero-order chi connectivity index (χ0) is 18.6. The van der Waals surface area contributed by atoms with E-state index in [1.54, 1.807) is 19.1 Å². The number of hydrogen-bond donors (Lipinski definition) is 2. The minimum absolute atomic E-state index is 0.0271. The molecule has 0 aliphatic rings. The predicted molar refractivity (Wildman–Crippen MR) is 97.3 cm³/mol. The van der Waals surface area contributed by atoms with Crippen LogP contribution in [0.2, 0.25) is 0 Å². The molecule has 2 N–H and O–H groups in total. The van der Waals surface area contributed by atoms with Crippen molar-refractivity contribution in [3.63, 3.8) is 0 Å². The summed E-state index contributed by atoms with van der Waals surface area (Å²) in [5.41, 5.74) is 1.20. The van der Waals surface area contributed by atoms with E-state index in [2.05, 4.69) is 10.6 Å². The Bertz CT molecular complexity index is 856. The molecule has 0 aliphatic heterocycles. The maximum atomic E-state index is 11.0. The lowest BCUT2D eigenvalue weighted by Gasteiger charge is -2.14. The Morgan fingerprint density at radius 2 is 1.76 bits per heavy atom. The van der Waals surface area contributed by atoms with E-state index in [0.29, 0.717) is 16.9 Å². The van der Waals surface area contributed by atoms with Crippen molar-refractivity contribution >= 4 is 40.1 Å². The smallest absolute Gasteiger partial charge is 0.274 e. The summed E-state index contributed by atoms with van der Waals surface area (Å²) in [6.07, 6.45) is 0. The number of hydrogen-bond acceptors (Lipinski definition) is 6. The Labute approximate surface area is 147 Å². The Kier molecular flexibility index (Phi) is 5.45. The summed E-state index contributed by atoms with van der Waals surface area (Å²) in [7, 11) is 1.38. The summed E-state index contributed by atoms with van der Waals surface area (Å²) in [5.74, 6) is 0.245. The van der Waals surface area contributed by atoms with Crippen molar-refractivity contribution in [2.75, 3.05) is 17.7 Å². The summed E-state index contributed by atoms with van der Waals surface area (Å²) < 4.78 is 5.12. The van der Waals surface area contributed by atoms with Gasteiger partial charge in [-0.1, -0.05) is 6.07 Å². The lowest BCUT2D eigenvalue weighted by atomic mass is 10.1. The first-order valence-corrected chi connectivity index (χ1v) is 7.38. The van der Waals surface area contributed by atoms with E-state index in [0.717, 1.165) is 0 Å². The molecule has 0 aliphatic carbocycles. The first-order chi connectivity index (χ1) is 11.8. The summed E-state index contributed by atoms with van der Waals surface area (Å²) >= 11 is 5.20. The molecule has 25 heavy (non-hydrogen) atoms. The number of rotatable bonds is 5. The van der Waals surface area contributed by atoms with Gasteiger partial charge >= 0.3 is 0 Å². The fraction of sp³-hybridized carbons (Fsp3) is 0.133. The second kappa shape index (κ2) is 7.53. The van der Waals surface area contributed by atoms with Crippen LogP contribution in [0.4, 0.5) is 22.7 Å². The third-order valence-electron chi connectivity index (χ3n) is 3.39. The van der Waals surface area contributed by atoms with E-state index in [4.69, 9.17) is 17.0 Å². The van der Waals surface area contributed by atoms with E-state index >= 15 is 0 Å². The first kappa shape index (κ1) is 18.1. The van der Waals surface area contributed by atoms with Crippen molar-refractivity contribution in [2.24, 2.45) is 0 Å². The summed E-state index contributed by atoms with van der Waals surface area (Å²) in [6.45, 7) is 1.61. The van der Waals surface area contributed by atoms with E-state index in [9.17, 15) is 20.2 Å². The number of nitrogens with one attached hydrogen (secondary N) is 2. The SMILES string of the molecule is COc1cc([N+](=O)[O-])ccc1NC(=S)Nc1cccc([N+](=O)[O-])c1C. The molecule has 2 aromatic carbocycles. The van der Waals surface area contributed by atoms with E-state index in [1.165, 1.54) is 31.4 Å². The molecule has 0 bridgehead atoms. The van der Waals surface area contributed by atoms with E-state index in [1.807, 2.05) is 0 Å². The van der Waals surface area contributed by atoms with Gasteiger partial charge < -0.3 is 15.4 Å². The lowest BCUT2D eigenvalue weighted by Crippen LogP contribution is -2.20. The fourth-order valence-corrected chi connectivity index (χ4v) is 2.35. The van der Waals surface area contributed by atoms with Crippen LogP contribution in [0.5, 0.6) is 5.75 Å². The van der Waals surface area contributed by atoms with Crippen LogP contribution >= 0.6 is 12.2 Å². The number of methoxy groups -OCH3 is 1. The molecular weight excluding hydrogens is 348 g/mol. The van der Waals surface area contributed by atoms with Gasteiger partial charge in [0.05, 0.1) is 40.0 Å². The Hall–Kier alpha value is -3.27. The average molecular weight is 362 g/mol. The third kappa shape index (κ3) is 4.18. The highest BCUT2D eigenvalue weighted by molar-refractivity contribution is 7.80. The number of nitro benzene ring substituents is 2. The first-order valence-electron chi connectivity index (χ1n) is 6.98. The largest absolute Gasteiger partial charge is 0.494 e. The second-order valence-electron chi connectivity index (χ2n) is 4.93. The van der Waals surface area contributed by atoms with E-state index in [-0.39, 0.29) is 22.2 Å². The minimum Gasteiger partial charge on any atom is -0.494 e. The summed E-state index contributed by atoms with van der Waals surface area (Å²) in [5, 5.41) is 27.7. The van der Waals surface area contributed by atoms with Gasteiger partial charge in [-0.3, -0.25) is 20.2 Å². The van der Waals surface area contributed by atoms with Crippen LogP contribution in [0.25, 0.3) is 0 Å². The van der Waals surface area contributed by atoms with Crippen molar-refractivity contribution in [2.45, 2.75) is 6.92 Å². The van der Waals surface area contributed by atoms with Gasteiger partial charge in [0.15, 0.2) is 5.11 Å². The topological polar surface area (TPSA) is 120 Å². The van der Waals surface area contributed by atoms with Crippen LogP contribution < -0.4 is 15.4 Å². The lowest BCUT2D eigenvalue weighted by molar-refractivity contribution is -0.385. The van der Waals surface area contributed by atoms with Crippen LogP contribution in [0.15, 0.2) is 36.4 Å². The fourth-order valence-electron chi connectivity index (χ4n) is 2.13. The molecule has 0 heterocycles. The van der Waals surface area contributed by atoms with Gasteiger partial charge in [-0.2, -0.15) is 0 Å². The van der Waals surface area contributed by atoms with Crippen LogP contribution in [0, 0.1) is 27.2 Å². The highest BCUT2D eigenvalue weighted by Crippen LogP contribution is 2.30. The van der Waals surface area contributed by atoms with Crippen LogP contribution in [-0.2, 0) is 0 Å². The molecule has 0 unspecified atom stereocenters. The molecule has 0 atom stereocenters. The van der Waals surface area contributed by atoms with E-state index < -0.39 is 9.85 Å². The van der Waals surface area contributed by atoms with Gasteiger partial charge in [-0.25, -0.2) is 0 Å². The molecule has 0 aromatic heterocycles. The Balaban J connectivity index is 2.20. The standard InChI is InChI=1S/C15H14N4O5S/c1-9-11(4-3-5-13(9)19(22)23)16-15(25)17-12-7-6-10(18(20)21)8-14(12)24-2/h3-8H,1-2H3,(H2,16,17,25). The molecule has 2 aromatic rings. The van der Waals surface area contributed by atoms with Crippen molar-refractivity contribution < 1.29 is 14.6 Å². The molecule has 9 nitrogen and oxygen atoms in total. The molecule has 0 saturated carbocycles. The molecule has 2 rings (SSSR count). The summed E-state index contributed by atoms with van der Waals surface area (Å²) in [6, 6.07) is 8.64. The maximum Gasteiger partial charge on any atom is 0.274 e. The molecule has 0 amide bonds. The number of nitrogens with zero attached hydrogens (tertiary/aromatic N) is 2. The number of non-ortho nitro benzene ring substituents is 1. The van der Waals surface area contributed by atoms with Gasteiger partial charge in [0, 0.05) is 12.1 Å². The minimum atomic E-state index is -0.532. The quantitative estimate of drug-likeness (QED) is 0.470. The molecule has 130 valence electrons. The molecular formula is C15H14N4O5S. The maximum absolute atomic E-state index is 11.0. The van der Waals surface area contributed by atoms with Gasteiger partial charge in [0.2, 0.25) is 0 Å². The van der Waals surface area contributed by atoms with Gasteiger partial charge in [0.1, 0.15) is 5.75 Å². The normalized spacial score (nSPS) is 10.0. The second-order valence-corrected chi connectivity index (χ2v) is 5.34. The molecule has 0 radical (unpaired) electrons. The highest BCUT2D eigenvalue weighted by Gasteiger charge is 2.15. The molecule has 0 saturated heterocycles. The van der Waals surface area contributed by atoms with Crippen molar-refractivity contribution in [1.29, 1.82) is 0 Å². The highest BCUT2D eigenvalue weighted by atomic mass is 32.1. The number of ether oxygens (including phenoxy) is 1.